The summed E-state index contributed by atoms with van der Waals surface area (Å²) in [5.74, 6) is 0.529. The molecule has 1 aromatic carbocycles. The lowest BCUT2D eigenvalue weighted by molar-refractivity contribution is -0.136. The van der Waals surface area contributed by atoms with E-state index in [4.69, 9.17) is 9.47 Å². The van der Waals surface area contributed by atoms with E-state index < -0.39 is 17.5 Å². The van der Waals surface area contributed by atoms with Gasteiger partial charge in [-0.1, -0.05) is 26.8 Å². The van der Waals surface area contributed by atoms with Gasteiger partial charge in [-0.2, -0.15) is 0 Å². The summed E-state index contributed by atoms with van der Waals surface area (Å²) in [7, 11) is 0. The van der Waals surface area contributed by atoms with E-state index in [0.717, 1.165) is 11.3 Å². The minimum absolute atomic E-state index is 0.0548. The Morgan fingerprint density at radius 3 is 2.82 bits per heavy atom. The molecule has 2 N–H and O–H groups in total. The van der Waals surface area contributed by atoms with Crippen LogP contribution in [-0.2, 0) is 9.59 Å². The third kappa shape index (κ3) is 3.16. The maximum absolute atomic E-state index is 13.1. The Balaban J connectivity index is 1.48. The van der Waals surface area contributed by atoms with Gasteiger partial charge < -0.3 is 20.1 Å². The molecule has 1 saturated heterocycles. The van der Waals surface area contributed by atoms with Gasteiger partial charge in [-0.3, -0.25) is 14.5 Å². The highest BCUT2D eigenvalue weighted by molar-refractivity contribution is 6.10. The number of ether oxygens (including phenoxy) is 2. The van der Waals surface area contributed by atoms with E-state index in [1.54, 1.807) is 18.2 Å². The number of hydrogen-bond donors (Lipinski definition) is 2. The lowest BCUT2D eigenvalue weighted by Crippen LogP contribution is -2.54. The fourth-order valence-corrected chi connectivity index (χ4v) is 5.01. The topological polar surface area (TPSA) is 97.0 Å². The lowest BCUT2D eigenvalue weighted by atomic mass is 9.64. The minimum Gasteiger partial charge on any atom is -0.454 e. The van der Waals surface area contributed by atoms with Crippen LogP contribution in [0.1, 0.15) is 40.0 Å². The molecule has 1 aromatic rings. The number of hydrogen-bond acceptors (Lipinski definition) is 5. The smallest absolute Gasteiger partial charge is 0.325 e. The summed E-state index contributed by atoms with van der Waals surface area (Å²) in [5.41, 5.74) is -0.515. The van der Waals surface area contributed by atoms with Gasteiger partial charge in [0.15, 0.2) is 11.5 Å². The zero-order valence-corrected chi connectivity index (χ0v) is 16.3. The van der Waals surface area contributed by atoms with Crippen LogP contribution < -0.4 is 20.1 Å². The van der Waals surface area contributed by atoms with Gasteiger partial charge in [0.05, 0.1) is 5.69 Å². The number of imide groups is 1. The number of nitrogens with zero attached hydrogens (tertiary/aromatic N) is 1. The first-order valence-electron chi connectivity index (χ1n) is 9.52. The van der Waals surface area contributed by atoms with Crippen molar-refractivity contribution in [3.63, 3.8) is 0 Å². The van der Waals surface area contributed by atoms with Gasteiger partial charge in [-0.15, -0.1) is 0 Å². The van der Waals surface area contributed by atoms with Crippen molar-refractivity contribution < 1.29 is 23.9 Å². The van der Waals surface area contributed by atoms with Crippen LogP contribution in [0, 0.1) is 11.3 Å². The maximum Gasteiger partial charge on any atom is 0.325 e. The van der Waals surface area contributed by atoms with Crippen LogP contribution in [0.5, 0.6) is 11.5 Å². The largest absolute Gasteiger partial charge is 0.454 e. The van der Waals surface area contributed by atoms with Crippen LogP contribution in [0.15, 0.2) is 18.2 Å². The molecule has 150 valence electrons. The van der Waals surface area contributed by atoms with E-state index in [1.807, 2.05) is 0 Å². The highest BCUT2D eigenvalue weighted by Crippen LogP contribution is 2.46. The molecule has 0 aromatic heterocycles. The normalized spacial score (nSPS) is 27.8. The maximum atomic E-state index is 13.1. The van der Waals surface area contributed by atoms with Gasteiger partial charge in [0.1, 0.15) is 12.1 Å². The monoisotopic (exact) mass is 387 g/mol. The first-order chi connectivity index (χ1) is 13.2. The highest BCUT2D eigenvalue weighted by Gasteiger charge is 2.56. The molecule has 8 heteroatoms. The predicted octanol–water partition coefficient (Wildman–Crippen LogP) is 2.49. The van der Waals surface area contributed by atoms with Crippen LogP contribution in [-0.4, -0.2) is 41.6 Å². The average Bonchev–Trinajstić information content (AvgIpc) is 3.13. The summed E-state index contributed by atoms with van der Waals surface area (Å²) < 4.78 is 10.7. The number of amides is 4. The molecule has 1 spiro atoms. The molecule has 4 amide bonds. The summed E-state index contributed by atoms with van der Waals surface area (Å²) in [6.45, 7) is 6.06. The number of carbonyl (C=O) groups excluding carboxylic acids is 3. The Morgan fingerprint density at radius 1 is 1.29 bits per heavy atom. The first-order valence-corrected chi connectivity index (χ1v) is 9.52. The molecule has 2 heterocycles. The fraction of sp³-hybridized carbons (Fsp3) is 0.550. The van der Waals surface area contributed by atoms with Crippen LogP contribution in [0.25, 0.3) is 0 Å². The number of rotatable bonds is 3. The van der Waals surface area contributed by atoms with E-state index in [-0.39, 0.29) is 24.7 Å². The van der Waals surface area contributed by atoms with E-state index in [0.29, 0.717) is 35.9 Å². The van der Waals surface area contributed by atoms with Crippen molar-refractivity contribution in [2.75, 3.05) is 18.7 Å². The molecular weight excluding hydrogens is 362 g/mol. The minimum atomic E-state index is -0.913. The summed E-state index contributed by atoms with van der Waals surface area (Å²) in [4.78, 5) is 39.2. The molecule has 0 radical (unpaired) electrons. The Hall–Kier alpha value is -2.77. The molecule has 0 bridgehead atoms. The van der Waals surface area contributed by atoms with Gasteiger partial charge in [0.2, 0.25) is 12.7 Å². The third-order valence-corrected chi connectivity index (χ3v) is 5.60. The number of anilines is 1. The van der Waals surface area contributed by atoms with Crippen LogP contribution >= 0.6 is 0 Å². The number of para-hydroxylation sites is 1. The Bertz CT molecular complexity index is 852. The molecule has 2 atom stereocenters. The molecule has 1 saturated carbocycles. The van der Waals surface area contributed by atoms with Gasteiger partial charge >= 0.3 is 6.03 Å². The zero-order chi connectivity index (χ0) is 20.1. The zero-order valence-electron chi connectivity index (χ0n) is 16.3. The van der Waals surface area contributed by atoms with Gasteiger partial charge in [-0.05, 0) is 42.7 Å². The molecule has 8 nitrogen and oxygen atoms in total. The van der Waals surface area contributed by atoms with Crippen LogP contribution in [0.3, 0.4) is 0 Å². The quantitative estimate of drug-likeness (QED) is 0.777. The standard InChI is InChI=1S/C20H25N3O5/c1-12-7-19(2,3)10-20(8-12)17(25)23(18(26)22-20)9-15(24)21-13-5-4-6-14-16(13)28-11-27-14/h4-6,12H,7-11H2,1-3H3,(H,21,24)(H,22,26). The summed E-state index contributed by atoms with van der Waals surface area (Å²) in [6, 6.07) is 4.65. The van der Waals surface area contributed by atoms with Crippen LogP contribution in [0.2, 0.25) is 0 Å². The van der Waals surface area contributed by atoms with Crippen molar-refractivity contribution in [2.24, 2.45) is 11.3 Å². The van der Waals surface area contributed by atoms with Crippen molar-refractivity contribution in [3.05, 3.63) is 18.2 Å². The van der Waals surface area contributed by atoms with Crippen molar-refractivity contribution in [3.8, 4) is 11.5 Å². The van der Waals surface area contributed by atoms with Gasteiger partial charge in [0, 0.05) is 0 Å². The fourth-order valence-electron chi connectivity index (χ4n) is 5.01. The Kier molecular flexibility index (Phi) is 4.24. The Labute approximate surface area is 163 Å². The first kappa shape index (κ1) is 18.6. The SMILES string of the molecule is CC1CC(C)(C)CC2(C1)NC(=O)N(CC(=O)Nc1cccc3c1OCO3)C2=O. The number of benzene rings is 1. The number of urea groups is 1. The second-order valence-corrected chi connectivity index (χ2v) is 8.85. The van der Waals surface area contributed by atoms with Crippen molar-refractivity contribution >= 4 is 23.5 Å². The lowest BCUT2D eigenvalue weighted by Gasteiger charge is -2.43. The van der Waals surface area contributed by atoms with Gasteiger partial charge in [-0.25, -0.2) is 4.79 Å². The predicted molar refractivity (Wildman–Crippen MR) is 101 cm³/mol. The average molecular weight is 387 g/mol. The number of fused-ring (bicyclic) bond motifs is 1. The van der Waals surface area contributed by atoms with E-state index in [2.05, 4.69) is 31.4 Å². The molecule has 3 aliphatic rings. The molecule has 2 aliphatic heterocycles. The molecular formula is C20H25N3O5. The van der Waals surface area contributed by atoms with Crippen LogP contribution in [0.4, 0.5) is 10.5 Å². The Morgan fingerprint density at radius 2 is 2.07 bits per heavy atom. The van der Waals surface area contributed by atoms with Crippen molar-refractivity contribution in [1.82, 2.24) is 10.2 Å². The molecule has 28 heavy (non-hydrogen) atoms. The van der Waals surface area contributed by atoms with E-state index in [9.17, 15) is 14.4 Å². The molecule has 2 fully saturated rings. The van der Waals surface area contributed by atoms with E-state index >= 15 is 0 Å². The van der Waals surface area contributed by atoms with E-state index in [1.165, 1.54) is 0 Å². The van der Waals surface area contributed by atoms with Gasteiger partial charge in [0.25, 0.3) is 5.91 Å². The molecule has 1 aliphatic carbocycles. The summed E-state index contributed by atoms with van der Waals surface area (Å²) >= 11 is 0. The summed E-state index contributed by atoms with van der Waals surface area (Å²) in [6.07, 6.45) is 2.17. The molecule has 2 unspecified atom stereocenters. The molecule has 4 rings (SSSR count). The number of carbonyl (C=O) groups is 3. The number of nitrogens with one attached hydrogen (secondary N) is 2. The summed E-state index contributed by atoms with van der Waals surface area (Å²) in [5, 5.41) is 5.59. The highest BCUT2D eigenvalue weighted by atomic mass is 16.7. The van der Waals surface area contributed by atoms with Crippen molar-refractivity contribution in [2.45, 2.75) is 45.6 Å². The third-order valence-electron chi connectivity index (χ3n) is 5.60. The second kappa shape index (κ2) is 6.39. The second-order valence-electron chi connectivity index (χ2n) is 8.85. The van der Waals surface area contributed by atoms with Crippen molar-refractivity contribution in [1.29, 1.82) is 0 Å².